The average Bonchev–Trinajstić information content (AvgIpc) is 2.01. The second-order valence-corrected chi connectivity index (χ2v) is 3.21. The molecule has 1 aromatic rings. The van der Waals surface area contributed by atoms with Crippen molar-refractivity contribution < 1.29 is 18.3 Å². The third-order valence-electron chi connectivity index (χ3n) is 2.04. The average molecular weight is 204 g/mol. The van der Waals surface area contributed by atoms with Crippen LogP contribution in [-0.2, 0) is 6.18 Å². The first-order valence-corrected chi connectivity index (χ1v) is 4.19. The predicted octanol–water partition coefficient (Wildman–Crippen LogP) is 3.07. The van der Waals surface area contributed by atoms with E-state index in [2.05, 4.69) is 0 Å². The van der Waals surface area contributed by atoms with Crippen molar-refractivity contribution in [1.29, 1.82) is 0 Å². The summed E-state index contributed by atoms with van der Waals surface area (Å²) in [5, 5.41) is 9.19. The SMILES string of the molecule is Cc1cccc(C(C)O)c1C(F)(F)F. The van der Waals surface area contributed by atoms with Crippen molar-refractivity contribution in [2.24, 2.45) is 0 Å². The molecular formula is C10H11F3O. The van der Waals surface area contributed by atoms with Gasteiger partial charge in [0, 0.05) is 0 Å². The molecule has 0 fully saturated rings. The molecule has 1 rings (SSSR count). The molecule has 0 aromatic heterocycles. The van der Waals surface area contributed by atoms with Gasteiger partial charge in [-0.2, -0.15) is 13.2 Å². The molecule has 1 N–H and O–H groups in total. The first-order valence-electron chi connectivity index (χ1n) is 4.19. The lowest BCUT2D eigenvalue weighted by Crippen LogP contribution is -2.12. The monoisotopic (exact) mass is 204 g/mol. The third kappa shape index (κ3) is 2.07. The Kier molecular flexibility index (Phi) is 2.85. The first kappa shape index (κ1) is 11.0. The maximum atomic E-state index is 12.6. The fourth-order valence-corrected chi connectivity index (χ4v) is 1.43. The minimum atomic E-state index is -4.41. The molecule has 0 heterocycles. The van der Waals surface area contributed by atoms with Crippen molar-refractivity contribution in [2.75, 3.05) is 0 Å². The summed E-state index contributed by atoms with van der Waals surface area (Å²) in [6, 6.07) is 4.18. The molecule has 1 atom stereocenters. The molecule has 1 aromatic carbocycles. The van der Waals surface area contributed by atoms with Crippen LogP contribution in [-0.4, -0.2) is 5.11 Å². The Labute approximate surface area is 80.2 Å². The second kappa shape index (κ2) is 3.61. The first-order chi connectivity index (χ1) is 6.34. The fourth-order valence-electron chi connectivity index (χ4n) is 1.43. The van der Waals surface area contributed by atoms with Gasteiger partial charge in [-0.25, -0.2) is 0 Å². The maximum absolute atomic E-state index is 12.6. The van der Waals surface area contributed by atoms with Gasteiger partial charge in [-0.3, -0.25) is 0 Å². The minimum absolute atomic E-state index is 0.0718. The molecule has 78 valence electrons. The molecule has 0 saturated heterocycles. The van der Waals surface area contributed by atoms with Gasteiger partial charge in [0.25, 0.3) is 0 Å². The summed E-state index contributed by atoms with van der Waals surface area (Å²) >= 11 is 0. The van der Waals surface area contributed by atoms with Gasteiger partial charge in [0.2, 0.25) is 0 Å². The Balaban J connectivity index is 3.38. The van der Waals surface area contributed by atoms with Crippen molar-refractivity contribution in [3.63, 3.8) is 0 Å². The van der Waals surface area contributed by atoms with Crippen molar-refractivity contribution in [1.82, 2.24) is 0 Å². The number of hydrogen-bond acceptors (Lipinski definition) is 1. The zero-order valence-electron chi connectivity index (χ0n) is 7.89. The quantitative estimate of drug-likeness (QED) is 0.745. The largest absolute Gasteiger partial charge is 0.417 e. The molecule has 0 aliphatic heterocycles. The number of rotatable bonds is 1. The highest BCUT2D eigenvalue weighted by molar-refractivity contribution is 5.37. The lowest BCUT2D eigenvalue weighted by atomic mass is 9.98. The van der Waals surface area contributed by atoms with Gasteiger partial charge in [0.15, 0.2) is 0 Å². The summed E-state index contributed by atoms with van der Waals surface area (Å²) in [5.41, 5.74) is -0.664. The number of aliphatic hydroxyl groups excluding tert-OH is 1. The van der Waals surface area contributed by atoms with Gasteiger partial charge in [-0.05, 0) is 25.0 Å². The van der Waals surface area contributed by atoms with Crippen LogP contribution in [0.2, 0.25) is 0 Å². The predicted molar refractivity (Wildman–Crippen MR) is 46.8 cm³/mol. The smallest absolute Gasteiger partial charge is 0.389 e. The summed E-state index contributed by atoms with van der Waals surface area (Å²) in [7, 11) is 0. The summed E-state index contributed by atoms with van der Waals surface area (Å²) in [6.07, 6.45) is -5.51. The topological polar surface area (TPSA) is 20.2 Å². The summed E-state index contributed by atoms with van der Waals surface area (Å²) in [6.45, 7) is 2.71. The summed E-state index contributed by atoms with van der Waals surface area (Å²) in [4.78, 5) is 0. The summed E-state index contributed by atoms with van der Waals surface area (Å²) < 4.78 is 37.7. The van der Waals surface area contributed by atoms with E-state index in [0.717, 1.165) is 0 Å². The van der Waals surface area contributed by atoms with Crippen LogP contribution < -0.4 is 0 Å². The molecule has 0 bridgehead atoms. The van der Waals surface area contributed by atoms with Gasteiger partial charge in [-0.1, -0.05) is 18.2 Å². The Morgan fingerprint density at radius 2 is 1.86 bits per heavy atom. The van der Waals surface area contributed by atoms with Crippen molar-refractivity contribution >= 4 is 0 Å². The van der Waals surface area contributed by atoms with Gasteiger partial charge < -0.3 is 5.11 Å². The third-order valence-corrected chi connectivity index (χ3v) is 2.04. The van der Waals surface area contributed by atoms with Gasteiger partial charge in [0.05, 0.1) is 11.7 Å². The summed E-state index contributed by atoms with van der Waals surface area (Å²) in [5.74, 6) is 0. The van der Waals surface area contributed by atoms with Crippen LogP contribution in [0.4, 0.5) is 13.2 Å². The van der Waals surface area contributed by atoms with E-state index in [1.165, 1.54) is 32.0 Å². The van der Waals surface area contributed by atoms with Crippen molar-refractivity contribution in [2.45, 2.75) is 26.1 Å². The van der Waals surface area contributed by atoms with Crippen LogP contribution in [0.25, 0.3) is 0 Å². The molecule has 4 heteroatoms. The van der Waals surface area contributed by atoms with E-state index in [1.54, 1.807) is 0 Å². The van der Waals surface area contributed by atoms with Crippen LogP contribution >= 0.6 is 0 Å². The van der Waals surface area contributed by atoms with Gasteiger partial charge >= 0.3 is 6.18 Å². The van der Waals surface area contributed by atoms with E-state index in [9.17, 15) is 18.3 Å². The van der Waals surface area contributed by atoms with Crippen molar-refractivity contribution in [3.05, 3.63) is 34.9 Å². The van der Waals surface area contributed by atoms with Crippen LogP contribution in [0.5, 0.6) is 0 Å². The van der Waals surface area contributed by atoms with Crippen LogP contribution in [0.3, 0.4) is 0 Å². The number of aliphatic hydroxyl groups is 1. The zero-order chi connectivity index (χ0) is 10.9. The molecule has 0 aliphatic carbocycles. The molecule has 0 saturated carbocycles. The Morgan fingerprint density at radius 3 is 2.21 bits per heavy atom. The molecule has 14 heavy (non-hydrogen) atoms. The number of benzene rings is 1. The normalized spacial score (nSPS) is 14.1. The number of aryl methyl sites for hydroxylation is 1. The highest BCUT2D eigenvalue weighted by Gasteiger charge is 2.35. The van der Waals surface area contributed by atoms with E-state index in [-0.39, 0.29) is 11.1 Å². The van der Waals surface area contributed by atoms with E-state index >= 15 is 0 Å². The van der Waals surface area contributed by atoms with Crippen LogP contribution in [0, 0.1) is 6.92 Å². The second-order valence-electron chi connectivity index (χ2n) is 3.21. The molecule has 0 amide bonds. The van der Waals surface area contributed by atoms with Gasteiger partial charge in [-0.15, -0.1) is 0 Å². The lowest BCUT2D eigenvalue weighted by molar-refractivity contribution is -0.139. The maximum Gasteiger partial charge on any atom is 0.417 e. The molecule has 1 unspecified atom stereocenters. The molecule has 0 spiro atoms. The molecule has 1 nitrogen and oxygen atoms in total. The van der Waals surface area contributed by atoms with Gasteiger partial charge in [0.1, 0.15) is 0 Å². The number of halogens is 3. The van der Waals surface area contributed by atoms with Crippen LogP contribution in [0.15, 0.2) is 18.2 Å². The van der Waals surface area contributed by atoms with Crippen molar-refractivity contribution in [3.8, 4) is 0 Å². The number of hydrogen-bond donors (Lipinski definition) is 1. The zero-order valence-corrected chi connectivity index (χ0v) is 7.89. The van der Waals surface area contributed by atoms with E-state index in [4.69, 9.17) is 0 Å². The molecule has 0 aliphatic rings. The standard InChI is InChI=1S/C10H11F3O/c1-6-4-3-5-8(7(2)14)9(6)10(11,12)13/h3-5,7,14H,1-2H3. The van der Waals surface area contributed by atoms with E-state index in [0.29, 0.717) is 0 Å². The molecule has 0 radical (unpaired) electrons. The highest BCUT2D eigenvalue weighted by atomic mass is 19.4. The fraction of sp³-hybridized carbons (Fsp3) is 0.400. The van der Waals surface area contributed by atoms with Crippen LogP contribution in [0.1, 0.15) is 29.7 Å². The highest BCUT2D eigenvalue weighted by Crippen LogP contribution is 2.36. The Morgan fingerprint density at radius 1 is 1.29 bits per heavy atom. The Hall–Kier alpha value is -1.03. The van der Waals surface area contributed by atoms with E-state index < -0.39 is 17.8 Å². The lowest BCUT2D eigenvalue weighted by Gasteiger charge is -2.16. The Bertz CT molecular complexity index is 329. The van der Waals surface area contributed by atoms with E-state index in [1.807, 2.05) is 0 Å². The minimum Gasteiger partial charge on any atom is -0.389 e. The number of alkyl halides is 3. The molecular weight excluding hydrogens is 193 g/mol.